The molecule has 19 heavy (non-hydrogen) atoms. The minimum Gasteiger partial charge on any atom is -0.379 e. The number of carbonyl (C=O) groups excluding carboxylic acids is 1. The molecular formula is C15H22N2O2. The van der Waals surface area contributed by atoms with Gasteiger partial charge in [-0.05, 0) is 18.5 Å². The highest BCUT2D eigenvalue weighted by atomic mass is 16.5. The van der Waals surface area contributed by atoms with Gasteiger partial charge in [-0.2, -0.15) is 0 Å². The standard InChI is InChI=1S/C15H22N2O2/c16-7-5-15(18)14-3-1-13(2-4-14)6-8-17-9-11-19-12-10-17/h1-4H,5-12,16H2. The molecule has 0 spiro atoms. The van der Waals surface area contributed by atoms with Gasteiger partial charge >= 0.3 is 0 Å². The second-order valence-electron chi connectivity index (χ2n) is 4.86. The number of nitrogens with zero attached hydrogens (tertiary/aromatic N) is 1. The van der Waals surface area contributed by atoms with E-state index in [-0.39, 0.29) is 5.78 Å². The zero-order valence-electron chi connectivity index (χ0n) is 11.3. The van der Waals surface area contributed by atoms with Crippen molar-refractivity contribution in [3.63, 3.8) is 0 Å². The summed E-state index contributed by atoms with van der Waals surface area (Å²) in [5.74, 6) is 0.127. The monoisotopic (exact) mass is 262 g/mol. The van der Waals surface area contributed by atoms with Gasteiger partial charge in [0, 0.05) is 31.6 Å². The highest BCUT2D eigenvalue weighted by molar-refractivity contribution is 5.96. The van der Waals surface area contributed by atoms with Gasteiger partial charge in [0.1, 0.15) is 0 Å². The van der Waals surface area contributed by atoms with Crippen LogP contribution in [0.2, 0.25) is 0 Å². The zero-order valence-corrected chi connectivity index (χ0v) is 11.3. The molecule has 104 valence electrons. The number of hydrogen-bond donors (Lipinski definition) is 1. The fraction of sp³-hybridized carbons (Fsp3) is 0.533. The summed E-state index contributed by atoms with van der Waals surface area (Å²) < 4.78 is 5.33. The molecule has 1 saturated heterocycles. The van der Waals surface area contributed by atoms with Crippen LogP contribution in [0.25, 0.3) is 0 Å². The Labute approximate surface area is 114 Å². The Balaban J connectivity index is 1.82. The summed E-state index contributed by atoms with van der Waals surface area (Å²) in [5, 5.41) is 0. The van der Waals surface area contributed by atoms with E-state index in [9.17, 15) is 4.79 Å². The topological polar surface area (TPSA) is 55.6 Å². The van der Waals surface area contributed by atoms with Crippen LogP contribution in [-0.4, -0.2) is 50.1 Å². The molecule has 2 rings (SSSR count). The third-order valence-corrected chi connectivity index (χ3v) is 3.47. The van der Waals surface area contributed by atoms with Gasteiger partial charge in [-0.1, -0.05) is 24.3 Å². The maximum absolute atomic E-state index is 11.7. The number of nitrogens with two attached hydrogens (primary N) is 1. The van der Waals surface area contributed by atoms with Gasteiger partial charge in [-0.25, -0.2) is 0 Å². The quantitative estimate of drug-likeness (QED) is 0.780. The van der Waals surface area contributed by atoms with Crippen molar-refractivity contribution in [3.8, 4) is 0 Å². The number of ketones is 1. The minimum absolute atomic E-state index is 0.127. The van der Waals surface area contributed by atoms with E-state index in [0.717, 1.165) is 44.8 Å². The van der Waals surface area contributed by atoms with Crippen molar-refractivity contribution in [1.82, 2.24) is 4.90 Å². The Morgan fingerprint density at radius 3 is 2.53 bits per heavy atom. The first-order chi connectivity index (χ1) is 9.29. The molecule has 1 aromatic carbocycles. The molecule has 1 fully saturated rings. The Hall–Kier alpha value is -1.23. The lowest BCUT2D eigenvalue weighted by Gasteiger charge is -2.26. The third kappa shape index (κ3) is 4.42. The Morgan fingerprint density at radius 1 is 1.21 bits per heavy atom. The minimum atomic E-state index is 0.127. The highest BCUT2D eigenvalue weighted by Crippen LogP contribution is 2.08. The van der Waals surface area contributed by atoms with E-state index in [1.165, 1.54) is 5.56 Å². The molecule has 4 nitrogen and oxygen atoms in total. The zero-order chi connectivity index (χ0) is 13.5. The number of carbonyl (C=O) groups is 1. The number of benzene rings is 1. The van der Waals surface area contributed by atoms with Crippen LogP contribution in [0.4, 0.5) is 0 Å². The van der Waals surface area contributed by atoms with E-state index in [1.807, 2.05) is 24.3 Å². The van der Waals surface area contributed by atoms with Crippen LogP contribution in [0.5, 0.6) is 0 Å². The van der Waals surface area contributed by atoms with Crippen LogP contribution in [0.3, 0.4) is 0 Å². The van der Waals surface area contributed by atoms with Gasteiger partial charge in [-0.3, -0.25) is 9.69 Å². The van der Waals surface area contributed by atoms with E-state index in [0.29, 0.717) is 13.0 Å². The van der Waals surface area contributed by atoms with Crippen LogP contribution < -0.4 is 5.73 Å². The Kier molecular flexibility index (Phi) is 5.51. The summed E-state index contributed by atoms with van der Waals surface area (Å²) in [6, 6.07) is 7.91. The van der Waals surface area contributed by atoms with Gasteiger partial charge in [-0.15, -0.1) is 0 Å². The van der Waals surface area contributed by atoms with E-state index in [2.05, 4.69) is 4.90 Å². The first-order valence-corrected chi connectivity index (χ1v) is 6.92. The van der Waals surface area contributed by atoms with Crippen molar-refractivity contribution < 1.29 is 9.53 Å². The second-order valence-corrected chi connectivity index (χ2v) is 4.86. The molecule has 0 aliphatic carbocycles. The molecule has 1 heterocycles. The van der Waals surface area contributed by atoms with Crippen molar-refractivity contribution in [2.45, 2.75) is 12.8 Å². The summed E-state index contributed by atoms with van der Waals surface area (Å²) in [5.41, 5.74) is 7.43. The van der Waals surface area contributed by atoms with Gasteiger partial charge in [0.2, 0.25) is 0 Å². The fourth-order valence-electron chi connectivity index (χ4n) is 2.24. The molecule has 0 radical (unpaired) electrons. The van der Waals surface area contributed by atoms with Gasteiger partial charge in [0.15, 0.2) is 5.78 Å². The van der Waals surface area contributed by atoms with Gasteiger partial charge < -0.3 is 10.5 Å². The maximum Gasteiger partial charge on any atom is 0.164 e. The van der Waals surface area contributed by atoms with E-state index >= 15 is 0 Å². The summed E-state index contributed by atoms with van der Waals surface area (Å²) in [4.78, 5) is 14.1. The fourth-order valence-corrected chi connectivity index (χ4v) is 2.24. The number of Topliss-reactive ketones (excluding diaryl/α,β-unsaturated/α-hetero) is 1. The summed E-state index contributed by atoms with van der Waals surface area (Å²) in [6.07, 6.45) is 1.44. The molecule has 1 aliphatic heterocycles. The summed E-state index contributed by atoms with van der Waals surface area (Å²) in [6.45, 7) is 5.19. The smallest absolute Gasteiger partial charge is 0.164 e. The Morgan fingerprint density at radius 2 is 1.89 bits per heavy atom. The van der Waals surface area contributed by atoms with Gasteiger partial charge in [0.25, 0.3) is 0 Å². The molecule has 1 aliphatic rings. The molecule has 0 saturated carbocycles. The van der Waals surface area contributed by atoms with Gasteiger partial charge in [0.05, 0.1) is 13.2 Å². The van der Waals surface area contributed by atoms with E-state index < -0.39 is 0 Å². The summed E-state index contributed by atoms with van der Waals surface area (Å²) in [7, 11) is 0. The van der Waals surface area contributed by atoms with Crippen molar-refractivity contribution in [3.05, 3.63) is 35.4 Å². The molecule has 0 unspecified atom stereocenters. The number of hydrogen-bond acceptors (Lipinski definition) is 4. The number of ether oxygens (including phenoxy) is 1. The first kappa shape index (κ1) is 14.2. The van der Waals surface area contributed by atoms with Crippen LogP contribution in [0.15, 0.2) is 24.3 Å². The first-order valence-electron chi connectivity index (χ1n) is 6.92. The largest absolute Gasteiger partial charge is 0.379 e. The third-order valence-electron chi connectivity index (χ3n) is 3.47. The lowest BCUT2D eigenvalue weighted by molar-refractivity contribution is 0.0384. The molecular weight excluding hydrogens is 240 g/mol. The highest BCUT2D eigenvalue weighted by Gasteiger charge is 2.10. The maximum atomic E-state index is 11.7. The van der Waals surface area contributed by atoms with E-state index in [4.69, 9.17) is 10.5 Å². The molecule has 2 N–H and O–H groups in total. The lowest BCUT2D eigenvalue weighted by Crippen LogP contribution is -2.37. The van der Waals surface area contributed by atoms with Crippen LogP contribution >= 0.6 is 0 Å². The van der Waals surface area contributed by atoms with Crippen molar-refractivity contribution >= 4 is 5.78 Å². The van der Waals surface area contributed by atoms with Crippen molar-refractivity contribution in [1.29, 1.82) is 0 Å². The van der Waals surface area contributed by atoms with Crippen molar-refractivity contribution in [2.75, 3.05) is 39.4 Å². The molecule has 0 atom stereocenters. The normalized spacial score (nSPS) is 16.5. The molecule has 0 aromatic heterocycles. The molecule has 1 aromatic rings. The van der Waals surface area contributed by atoms with Crippen LogP contribution in [0, 0.1) is 0 Å². The predicted molar refractivity (Wildman–Crippen MR) is 75.4 cm³/mol. The lowest BCUT2D eigenvalue weighted by atomic mass is 10.0. The summed E-state index contributed by atoms with van der Waals surface area (Å²) >= 11 is 0. The SMILES string of the molecule is NCCC(=O)c1ccc(CCN2CCOCC2)cc1. The number of rotatable bonds is 6. The average molecular weight is 262 g/mol. The molecule has 0 amide bonds. The van der Waals surface area contributed by atoms with Crippen LogP contribution in [0.1, 0.15) is 22.3 Å². The second kappa shape index (κ2) is 7.38. The number of morpholine rings is 1. The molecule has 4 heteroatoms. The van der Waals surface area contributed by atoms with E-state index in [1.54, 1.807) is 0 Å². The predicted octanol–water partition coefficient (Wildman–Crippen LogP) is 1.09. The average Bonchev–Trinajstić information content (AvgIpc) is 2.47. The Bertz CT molecular complexity index is 397. The van der Waals surface area contributed by atoms with Crippen LogP contribution in [-0.2, 0) is 11.2 Å². The van der Waals surface area contributed by atoms with Crippen molar-refractivity contribution in [2.24, 2.45) is 5.73 Å². The molecule has 0 bridgehead atoms.